The molecule has 4 heteroatoms. The standard InChI is InChI=1S/C17H17NO3/c19-17(20)16(18-11-12-4-2-1-3-5-12)14-6-7-15-13(10-14)8-9-21-15/h1-7,10,16,18H,8-9,11H2,(H,19,20). The maximum atomic E-state index is 11.5. The molecular formula is C17H17NO3. The van der Waals surface area contributed by atoms with E-state index in [1.54, 1.807) is 0 Å². The van der Waals surface area contributed by atoms with Gasteiger partial charge in [-0.2, -0.15) is 0 Å². The van der Waals surface area contributed by atoms with Crippen LogP contribution in [-0.4, -0.2) is 17.7 Å². The van der Waals surface area contributed by atoms with E-state index in [1.807, 2.05) is 48.5 Å². The van der Waals surface area contributed by atoms with Gasteiger partial charge in [0, 0.05) is 13.0 Å². The number of ether oxygens (including phenoxy) is 1. The second-order valence-corrected chi connectivity index (χ2v) is 5.10. The largest absolute Gasteiger partial charge is 0.493 e. The monoisotopic (exact) mass is 283 g/mol. The molecule has 1 aliphatic heterocycles. The summed E-state index contributed by atoms with van der Waals surface area (Å²) in [6.45, 7) is 1.19. The van der Waals surface area contributed by atoms with Crippen LogP contribution in [0.2, 0.25) is 0 Å². The molecule has 0 fully saturated rings. The van der Waals surface area contributed by atoms with Gasteiger partial charge in [-0.25, -0.2) is 0 Å². The molecule has 3 rings (SSSR count). The Bertz CT molecular complexity index is 640. The van der Waals surface area contributed by atoms with Crippen molar-refractivity contribution in [3.8, 4) is 5.75 Å². The molecule has 2 aromatic carbocycles. The van der Waals surface area contributed by atoms with Crippen molar-refractivity contribution >= 4 is 5.97 Å². The van der Waals surface area contributed by atoms with Crippen LogP contribution < -0.4 is 10.1 Å². The van der Waals surface area contributed by atoms with Gasteiger partial charge in [0.05, 0.1) is 6.61 Å². The number of carbonyl (C=O) groups is 1. The molecule has 0 bridgehead atoms. The summed E-state index contributed by atoms with van der Waals surface area (Å²) < 4.78 is 5.46. The van der Waals surface area contributed by atoms with Crippen molar-refractivity contribution in [3.63, 3.8) is 0 Å². The topological polar surface area (TPSA) is 58.6 Å². The number of aliphatic carboxylic acids is 1. The van der Waals surface area contributed by atoms with E-state index in [9.17, 15) is 9.90 Å². The van der Waals surface area contributed by atoms with Gasteiger partial charge in [0.1, 0.15) is 11.8 Å². The van der Waals surface area contributed by atoms with Crippen LogP contribution >= 0.6 is 0 Å². The van der Waals surface area contributed by atoms with Gasteiger partial charge < -0.3 is 9.84 Å². The Balaban J connectivity index is 1.77. The van der Waals surface area contributed by atoms with Crippen molar-refractivity contribution < 1.29 is 14.6 Å². The number of carboxylic acid groups (broad SMARTS) is 1. The first kappa shape index (κ1) is 13.6. The lowest BCUT2D eigenvalue weighted by atomic mass is 10.0. The molecule has 0 amide bonds. The number of benzene rings is 2. The van der Waals surface area contributed by atoms with Gasteiger partial charge in [-0.3, -0.25) is 10.1 Å². The number of hydrogen-bond donors (Lipinski definition) is 2. The number of carboxylic acids is 1. The van der Waals surface area contributed by atoms with Gasteiger partial charge in [-0.05, 0) is 28.8 Å². The molecule has 1 atom stereocenters. The zero-order valence-corrected chi connectivity index (χ0v) is 11.6. The quantitative estimate of drug-likeness (QED) is 0.885. The van der Waals surface area contributed by atoms with Crippen molar-refractivity contribution in [3.05, 3.63) is 65.2 Å². The molecule has 0 aliphatic carbocycles. The summed E-state index contributed by atoms with van der Waals surface area (Å²) in [5, 5.41) is 12.6. The highest BCUT2D eigenvalue weighted by molar-refractivity contribution is 5.75. The average Bonchev–Trinajstić information content (AvgIpc) is 2.96. The molecule has 108 valence electrons. The van der Waals surface area contributed by atoms with Gasteiger partial charge in [-0.15, -0.1) is 0 Å². The lowest BCUT2D eigenvalue weighted by Gasteiger charge is -2.16. The number of rotatable bonds is 5. The molecule has 1 aliphatic rings. The molecule has 21 heavy (non-hydrogen) atoms. The van der Waals surface area contributed by atoms with Crippen LogP contribution in [0, 0.1) is 0 Å². The molecule has 0 radical (unpaired) electrons. The summed E-state index contributed by atoms with van der Waals surface area (Å²) in [6.07, 6.45) is 0.841. The smallest absolute Gasteiger partial charge is 0.325 e. The van der Waals surface area contributed by atoms with E-state index in [4.69, 9.17) is 4.74 Å². The van der Waals surface area contributed by atoms with Crippen LogP contribution in [0.4, 0.5) is 0 Å². The minimum Gasteiger partial charge on any atom is -0.493 e. The predicted octanol–water partition coefficient (Wildman–Crippen LogP) is 2.54. The minimum absolute atomic E-state index is 0.519. The Kier molecular flexibility index (Phi) is 3.88. The maximum Gasteiger partial charge on any atom is 0.325 e. The van der Waals surface area contributed by atoms with Crippen molar-refractivity contribution in [2.45, 2.75) is 19.0 Å². The number of nitrogens with one attached hydrogen (secondary N) is 1. The molecule has 0 saturated carbocycles. The zero-order valence-electron chi connectivity index (χ0n) is 11.6. The minimum atomic E-state index is -0.871. The van der Waals surface area contributed by atoms with Crippen LogP contribution in [0.3, 0.4) is 0 Å². The summed E-state index contributed by atoms with van der Waals surface area (Å²) in [5.74, 6) is -0.00394. The van der Waals surface area contributed by atoms with E-state index in [-0.39, 0.29) is 0 Å². The van der Waals surface area contributed by atoms with E-state index < -0.39 is 12.0 Å². The van der Waals surface area contributed by atoms with Crippen LogP contribution in [-0.2, 0) is 17.8 Å². The van der Waals surface area contributed by atoms with Crippen molar-refractivity contribution in [1.29, 1.82) is 0 Å². The van der Waals surface area contributed by atoms with E-state index in [0.717, 1.165) is 28.9 Å². The molecule has 2 N–H and O–H groups in total. The summed E-state index contributed by atoms with van der Waals surface area (Å²) in [6, 6.07) is 14.7. The first-order valence-corrected chi connectivity index (χ1v) is 7.00. The van der Waals surface area contributed by atoms with Crippen molar-refractivity contribution in [2.24, 2.45) is 0 Å². The summed E-state index contributed by atoms with van der Waals surface area (Å²) in [4.78, 5) is 11.5. The normalized spacial score (nSPS) is 14.3. The van der Waals surface area contributed by atoms with E-state index in [2.05, 4.69) is 5.32 Å². The van der Waals surface area contributed by atoms with Crippen molar-refractivity contribution in [1.82, 2.24) is 5.32 Å². The van der Waals surface area contributed by atoms with Gasteiger partial charge in [0.2, 0.25) is 0 Å². The molecular weight excluding hydrogens is 266 g/mol. The van der Waals surface area contributed by atoms with Gasteiger partial charge in [-0.1, -0.05) is 36.4 Å². The third-order valence-corrected chi connectivity index (χ3v) is 3.65. The summed E-state index contributed by atoms with van der Waals surface area (Å²) in [5.41, 5.74) is 2.91. The first-order chi connectivity index (χ1) is 10.2. The van der Waals surface area contributed by atoms with Gasteiger partial charge >= 0.3 is 5.97 Å². The molecule has 0 saturated heterocycles. The zero-order chi connectivity index (χ0) is 14.7. The molecule has 1 heterocycles. The van der Waals surface area contributed by atoms with E-state index in [0.29, 0.717) is 13.2 Å². The van der Waals surface area contributed by atoms with Gasteiger partial charge in [0.25, 0.3) is 0 Å². The Hall–Kier alpha value is -2.33. The molecule has 2 aromatic rings. The summed E-state index contributed by atoms with van der Waals surface area (Å²) in [7, 11) is 0. The fourth-order valence-electron chi connectivity index (χ4n) is 2.55. The second kappa shape index (κ2) is 5.97. The molecule has 0 aromatic heterocycles. The highest BCUT2D eigenvalue weighted by Gasteiger charge is 2.22. The Morgan fingerprint density at radius 3 is 2.81 bits per heavy atom. The van der Waals surface area contributed by atoms with Crippen LogP contribution in [0.1, 0.15) is 22.7 Å². The Morgan fingerprint density at radius 2 is 2.05 bits per heavy atom. The van der Waals surface area contributed by atoms with Gasteiger partial charge in [0.15, 0.2) is 0 Å². The lowest BCUT2D eigenvalue weighted by molar-refractivity contribution is -0.139. The van der Waals surface area contributed by atoms with Crippen LogP contribution in [0.5, 0.6) is 5.75 Å². The first-order valence-electron chi connectivity index (χ1n) is 7.00. The number of hydrogen-bond acceptors (Lipinski definition) is 3. The van der Waals surface area contributed by atoms with Crippen molar-refractivity contribution in [2.75, 3.05) is 6.61 Å². The maximum absolute atomic E-state index is 11.5. The highest BCUT2D eigenvalue weighted by atomic mass is 16.5. The molecule has 4 nitrogen and oxygen atoms in total. The average molecular weight is 283 g/mol. The SMILES string of the molecule is O=C(O)C(NCc1ccccc1)c1ccc2c(c1)CCO2. The van der Waals surface area contributed by atoms with Crippen LogP contribution in [0.25, 0.3) is 0 Å². The Morgan fingerprint density at radius 1 is 1.24 bits per heavy atom. The fourth-order valence-corrected chi connectivity index (χ4v) is 2.55. The second-order valence-electron chi connectivity index (χ2n) is 5.10. The van der Waals surface area contributed by atoms with E-state index in [1.165, 1.54) is 0 Å². The highest BCUT2D eigenvalue weighted by Crippen LogP contribution is 2.28. The predicted molar refractivity (Wildman–Crippen MR) is 79.3 cm³/mol. The summed E-state index contributed by atoms with van der Waals surface area (Å²) >= 11 is 0. The lowest BCUT2D eigenvalue weighted by Crippen LogP contribution is -2.28. The van der Waals surface area contributed by atoms with E-state index >= 15 is 0 Å². The Labute approximate surface area is 123 Å². The number of fused-ring (bicyclic) bond motifs is 1. The third kappa shape index (κ3) is 3.06. The molecule has 0 spiro atoms. The molecule has 1 unspecified atom stereocenters. The third-order valence-electron chi connectivity index (χ3n) is 3.65. The fraction of sp³-hybridized carbons (Fsp3) is 0.235. The van der Waals surface area contributed by atoms with Crippen LogP contribution in [0.15, 0.2) is 48.5 Å².